The Morgan fingerprint density at radius 2 is 1.87 bits per heavy atom. The molecule has 3 heteroatoms. The lowest BCUT2D eigenvalue weighted by Crippen LogP contribution is -2.45. The fourth-order valence-corrected chi connectivity index (χ4v) is 3.63. The van der Waals surface area contributed by atoms with Gasteiger partial charge in [-0.05, 0) is 12.8 Å². The molecule has 1 saturated carbocycles. The van der Waals surface area contributed by atoms with E-state index in [0.29, 0.717) is 0 Å². The van der Waals surface area contributed by atoms with Crippen LogP contribution in [0.1, 0.15) is 25.7 Å². The number of ether oxygens (including phenoxy) is 1. The molecule has 84 valence electrons. The van der Waals surface area contributed by atoms with E-state index >= 15 is 0 Å². The summed E-state index contributed by atoms with van der Waals surface area (Å²) < 4.78 is 5.73. The topological polar surface area (TPSA) is 49.7 Å². The molecule has 2 fully saturated rings. The van der Waals surface area contributed by atoms with E-state index in [0.717, 1.165) is 25.7 Å². The maximum absolute atomic E-state index is 10.6. The Bertz CT molecular complexity index is 281. The quantitative estimate of drug-likeness (QED) is 0.664. The molecule has 3 nitrogen and oxygen atoms in total. The first-order valence-corrected chi connectivity index (χ1v) is 5.92. The summed E-state index contributed by atoms with van der Waals surface area (Å²) >= 11 is 0. The van der Waals surface area contributed by atoms with Crippen LogP contribution in [0.15, 0.2) is 12.2 Å². The maximum atomic E-state index is 10.6. The molecule has 2 bridgehead atoms. The van der Waals surface area contributed by atoms with Crippen LogP contribution in [0.5, 0.6) is 0 Å². The molecule has 1 aliphatic carbocycles. The third-order valence-electron chi connectivity index (χ3n) is 4.34. The molecule has 0 radical (unpaired) electrons. The van der Waals surface area contributed by atoms with Crippen molar-refractivity contribution >= 4 is 0 Å². The Kier molecular flexibility index (Phi) is 2.16. The van der Waals surface area contributed by atoms with E-state index in [1.54, 1.807) is 0 Å². The van der Waals surface area contributed by atoms with Crippen molar-refractivity contribution in [2.75, 3.05) is 6.61 Å². The monoisotopic (exact) mass is 210 g/mol. The second kappa shape index (κ2) is 3.30. The van der Waals surface area contributed by atoms with Crippen molar-refractivity contribution in [3.63, 3.8) is 0 Å². The van der Waals surface area contributed by atoms with Gasteiger partial charge in [0.15, 0.2) is 0 Å². The molecule has 3 aliphatic rings. The summed E-state index contributed by atoms with van der Waals surface area (Å²) in [7, 11) is 0. The molecule has 4 atom stereocenters. The molecule has 2 N–H and O–H groups in total. The summed E-state index contributed by atoms with van der Waals surface area (Å²) in [4.78, 5) is 0. The summed E-state index contributed by atoms with van der Waals surface area (Å²) in [5.41, 5.74) is -0.586. The highest BCUT2D eigenvalue weighted by molar-refractivity contribution is 5.18. The molecule has 0 aromatic carbocycles. The minimum Gasteiger partial charge on any atom is -0.396 e. The zero-order chi connectivity index (χ0) is 10.5. The number of aliphatic hydroxyl groups excluding tert-OH is 1. The Hall–Kier alpha value is -0.380. The Morgan fingerprint density at radius 3 is 2.53 bits per heavy atom. The number of hydrogen-bond acceptors (Lipinski definition) is 3. The predicted octanol–water partition coefficient (Wildman–Crippen LogP) is 0.853. The highest BCUT2D eigenvalue weighted by atomic mass is 16.5. The third-order valence-corrected chi connectivity index (χ3v) is 4.34. The Balaban J connectivity index is 1.88. The van der Waals surface area contributed by atoms with Gasteiger partial charge in [0.05, 0.1) is 17.8 Å². The minimum atomic E-state index is -0.586. The summed E-state index contributed by atoms with van der Waals surface area (Å²) in [6.07, 6.45) is 8.10. The minimum absolute atomic E-state index is 0.0367. The second-order valence-corrected chi connectivity index (χ2v) is 5.13. The van der Waals surface area contributed by atoms with Crippen LogP contribution in [-0.4, -0.2) is 34.6 Å². The third kappa shape index (κ3) is 1.30. The number of hydrogen-bond donors (Lipinski definition) is 2. The maximum Gasteiger partial charge on any atom is 0.0825 e. The lowest BCUT2D eigenvalue weighted by atomic mass is 9.72. The molecule has 0 aromatic heterocycles. The molecular formula is C12H18O3. The molecule has 3 rings (SSSR count). The molecule has 0 aromatic rings. The molecule has 0 spiro atoms. The van der Waals surface area contributed by atoms with Crippen LogP contribution in [0.4, 0.5) is 0 Å². The van der Waals surface area contributed by atoms with E-state index in [1.165, 1.54) is 0 Å². The van der Waals surface area contributed by atoms with Gasteiger partial charge in [0.1, 0.15) is 0 Å². The van der Waals surface area contributed by atoms with Crippen LogP contribution >= 0.6 is 0 Å². The molecule has 15 heavy (non-hydrogen) atoms. The van der Waals surface area contributed by atoms with E-state index < -0.39 is 5.60 Å². The largest absolute Gasteiger partial charge is 0.396 e. The van der Waals surface area contributed by atoms with Crippen LogP contribution in [-0.2, 0) is 4.74 Å². The molecule has 1 saturated heterocycles. The fourth-order valence-electron chi connectivity index (χ4n) is 3.63. The van der Waals surface area contributed by atoms with Gasteiger partial charge in [0, 0.05) is 18.4 Å². The fraction of sp³-hybridized carbons (Fsp3) is 0.833. The first kappa shape index (κ1) is 9.82. The average molecular weight is 210 g/mol. The van der Waals surface area contributed by atoms with Crippen LogP contribution in [0, 0.1) is 11.8 Å². The molecule has 2 aliphatic heterocycles. The lowest BCUT2D eigenvalue weighted by Gasteiger charge is -2.36. The van der Waals surface area contributed by atoms with Gasteiger partial charge < -0.3 is 14.9 Å². The summed E-state index contributed by atoms with van der Waals surface area (Å²) in [6, 6.07) is 0. The van der Waals surface area contributed by atoms with E-state index in [4.69, 9.17) is 4.74 Å². The van der Waals surface area contributed by atoms with Gasteiger partial charge in [-0.2, -0.15) is 0 Å². The van der Waals surface area contributed by atoms with Crippen molar-refractivity contribution in [2.24, 2.45) is 11.8 Å². The zero-order valence-electron chi connectivity index (χ0n) is 8.80. The summed E-state index contributed by atoms with van der Waals surface area (Å²) in [6.45, 7) is 0.123. The van der Waals surface area contributed by atoms with Gasteiger partial charge in [-0.1, -0.05) is 25.0 Å². The predicted molar refractivity (Wildman–Crippen MR) is 55.3 cm³/mol. The lowest BCUT2D eigenvalue weighted by molar-refractivity contribution is -0.0478. The first-order valence-electron chi connectivity index (χ1n) is 5.92. The molecular weight excluding hydrogens is 192 g/mol. The van der Waals surface area contributed by atoms with E-state index in [9.17, 15) is 10.2 Å². The smallest absolute Gasteiger partial charge is 0.0825 e. The van der Waals surface area contributed by atoms with Crippen molar-refractivity contribution in [1.29, 1.82) is 0 Å². The summed E-state index contributed by atoms with van der Waals surface area (Å²) in [5.74, 6) is 0.211. The first-order chi connectivity index (χ1) is 7.24. The van der Waals surface area contributed by atoms with E-state index in [2.05, 4.69) is 6.08 Å². The van der Waals surface area contributed by atoms with Crippen LogP contribution in [0.2, 0.25) is 0 Å². The van der Waals surface area contributed by atoms with Crippen molar-refractivity contribution < 1.29 is 14.9 Å². The van der Waals surface area contributed by atoms with Gasteiger partial charge in [0.25, 0.3) is 0 Å². The number of fused-ring (bicyclic) bond motifs is 2. The molecule has 0 amide bonds. The van der Waals surface area contributed by atoms with Crippen LogP contribution in [0.3, 0.4) is 0 Å². The Morgan fingerprint density at radius 1 is 1.20 bits per heavy atom. The van der Waals surface area contributed by atoms with Crippen LogP contribution < -0.4 is 0 Å². The van der Waals surface area contributed by atoms with Gasteiger partial charge in [-0.3, -0.25) is 0 Å². The van der Waals surface area contributed by atoms with Gasteiger partial charge in [0.2, 0.25) is 0 Å². The Labute approximate surface area is 89.7 Å². The highest BCUT2D eigenvalue weighted by Crippen LogP contribution is 2.49. The zero-order valence-corrected chi connectivity index (χ0v) is 8.80. The summed E-state index contributed by atoms with van der Waals surface area (Å²) in [5, 5.41) is 20.0. The standard InChI is InChI=1S/C12H18O3/c13-7-8-9-3-4-10(15-9)11(8)12(14)5-1-2-6-12/h3-4,8-11,13-14H,1-2,5-7H2. The van der Waals surface area contributed by atoms with Crippen LogP contribution in [0.25, 0.3) is 0 Å². The number of aliphatic hydroxyl groups is 2. The average Bonchev–Trinajstić information content (AvgIpc) is 2.90. The SMILES string of the molecule is OCC1C2C=CC(O2)C1C1(O)CCCC1. The van der Waals surface area contributed by atoms with E-state index in [1.807, 2.05) is 6.08 Å². The second-order valence-electron chi connectivity index (χ2n) is 5.13. The van der Waals surface area contributed by atoms with Crippen molar-refractivity contribution in [3.05, 3.63) is 12.2 Å². The van der Waals surface area contributed by atoms with Crippen molar-refractivity contribution in [1.82, 2.24) is 0 Å². The normalized spacial score (nSPS) is 46.5. The van der Waals surface area contributed by atoms with Gasteiger partial charge in [-0.25, -0.2) is 0 Å². The van der Waals surface area contributed by atoms with Gasteiger partial charge in [-0.15, -0.1) is 0 Å². The highest BCUT2D eigenvalue weighted by Gasteiger charge is 2.55. The molecule has 2 heterocycles. The van der Waals surface area contributed by atoms with E-state index in [-0.39, 0.29) is 30.7 Å². The number of rotatable bonds is 2. The van der Waals surface area contributed by atoms with Crippen molar-refractivity contribution in [3.8, 4) is 0 Å². The van der Waals surface area contributed by atoms with Gasteiger partial charge >= 0.3 is 0 Å². The molecule has 4 unspecified atom stereocenters. The van der Waals surface area contributed by atoms with Crippen molar-refractivity contribution in [2.45, 2.75) is 43.5 Å².